The molecule has 1 aromatic carbocycles. The van der Waals surface area contributed by atoms with Crippen LogP contribution < -0.4 is 14.8 Å². The van der Waals surface area contributed by atoms with E-state index in [0.717, 1.165) is 5.56 Å². The molecule has 0 saturated heterocycles. The Labute approximate surface area is 136 Å². The first kappa shape index (κ1) is 16.9. The van der Waals surface area contributed by atoms with Crippen molar-refractivity contribution >= 4 is 5.91 Å². The van der Waals surface area contributed by atoms with E-state index in [1.807, 2.05) is 39.0 Å². The fourth-order valence-corrected chi connectivity index (χ4v) is 2.21. The minimum atomic E-state index is -0.162. The third-order valence-electron chi connectivity index (χ3n) is 3.37. The lowest BCUT2D eigenvalue weighted by molar-refractivity contribution is 0.0939. The van der Waals surface area contributed by atoms with E-state index in [9.17, 15) is 4.79 Å². The number of hydrogen-bond donors (Lipinski definition) is 1. The number of carbonyl (C=O) groups is 1. The van der Waals surface area contributed by atoms with Crippen LogP contribution in [0.25, 0.3) is 0 Å². The molecule has 0 saturated carbocycles. The summed E-state index contributed by atoms with van der Waals surface area (Å²) >= 11 is 0. The first-order valence-corrected chi connectivity index (χ1v) is 7.54. The molecule has 1 amide bonds. The van der Waals surface area contributed by atoms with Crippen molar-refractivity contribution < 1.29 is 14.3 Å². The molecule has 0 spiro atoms. The Bertz CT molecular complexity index is 679. The van der Waals surface area contributed by atoms with Crippen molar-refractivity contribution in [3.63, 3.8) is 0 Å². The van der Waals surface area contributed by atoms with Crippen molar-refractivity contribution in [3.05, 3.63) is 41.7 Å². The van der Waals surface area contributed by atoms with Crippen LogP contribution in [0.1, 0.15) is 42.7 Å². The lowest BCUT2D eigenvalue weighted by Gasteiger charge is -2.18. The predicted molar refractivity (Wildman–Crippen MR) is 87.8 cm³/mol. The number of nitrogens with one attached hydrogen (secondary N) is 1. The van der Waals surface area contributed by atoms with Gasteiger partial charge in [-0.3, -0.25) is 9.48 Å². The highest BCUT2D eigenvalue weighted by Crippen LogP contribution is 2.31. The smallest absolute Gasteiger partial charge is 0.254 e. The standard InChI is InChI=1S/C17H23N3O3/c1-11(2)23-15-7-6-13(8-16(15)22-5)12(3)19-17(21)14-9-18-20(4)10-14/h6-12H,1-5H3,(H,19,21). The molecule has 6 nitrogen and oxygen atoms in total. The van der Waals surface area contributed by atoms with E-state index in [0.29, 0.717) is 17.1 Å². The molecule has 2 aromatic rings. The monoisotopic (exact) mass is 317 g/mol. The molecule has 6 heteroatoms. The fourth-order valence-electron chi connectivity index (χ4n) is 2.21. The highest BCUT2D eigenvalue weighted by Gasteiger charge is 2.15. The number of nitrogens with zero attached hydrogens (tertiary/aromatic N) is 2. The maximum absolute atomic E-state index is 12.2. The number of amides is 1. The molecular weight excluding hydrogens is 294 g/mol. The fraction of sp³-hybridized carbons (Fsp3) is 0.412. The summed E-state index contributed by atoms with van der Waals surface area (Å²) < 4.78 is 12.7. The molecule has 2 rings (SSSR count). The second-order valence-electron chi connectivity index (χ2n) is 5.67. The van der Waals surface area contributed by atoms with Crippen LogP contribution in [0.2, 0.25) is 0 Å². The van der Waals surface area contributed by atoms with Gasteiger partial charge in [-0.15, -0.1) is 0 Å². The molecule has 0 aliphatic heterocycles. The zero-order valence-corrected chi connectivity index (χ0v) is 14.2. The van der Waals surface area contributed by atoms with Gasteiger partial charge in [0.25, 0.3) is 5.91 Å². The van der Waals surface area contributed by atoms with Crippen molar-refractivity contribution in [2.24, 2.45) is 7.05 Å². The maximum Gasteiger partial charge on any atom is 0.254 e. The van der Waals surface area contributed by atoms with E-state index in [-0.39, 0.29) is 18.1 Å². The average Bonchev–Trinajstić information content (AvgIpc) is 2.93. The SMILES string of the molecule is COc1cc(C(C)NC(=O)c2cnn(C)c2)ccc1OC(C)C. The Balaban J connectivity index is 2.12. The summed E-state index contributed by atoms with van der Waals surface area (Å²) in [4.78, 5) is 12.2. The maximum atomic E-state index is 12.2. The van der Waals surface area contributed by atoms with Crippen molar-refractivity contribution in [1.82, 2.24) is 15.1 Å². The molecule has 0 aliphatic rings. The highest BCUT2D eigenvalue weighted by atomic mass is 16.5. The number of carbonyl (C=O) groups excluding carboxylic acids is 1. The van der Waals surface area contributed by atoms with Gasteiger partial charge in [-0.05, 0) is 38.5 Å². The number of aromatic nitrogens is 2. The summed E-state index contributed by atoms with van der Waals surface area (Å²) in [6.07, 6.45) is 3.29. The first-order valence-electron chi connectivity index (χ1n) is 7.54. The van der Waals surface area contributed by atoms with Crippen LogP contribution in [0.4, 0.5) is 0 Å². The van der Waals surface area contributed by atoms with Crippen LogP contribution in [-0.2, 0) is 7.05 Å². The van der Waals surface area contributed by atoms with Gasteiger partial charge in [-0.1, -0.05) is 6.07 Å². The number of hydrogen-bond acceptors (Lipinski definition) is 4. The number of ether oxygens (including phenoxy) is 2. The Morgan fingerprint density at radius 1 is 1.26 bits per heavy atom. The number of methoxy groups -OCH3 is 1. The summed E-state index contributed by atoms with van der Waals surface area (Å²) in [6.45, 7) is 5.85. The Morgan fingerprint density at radius 2 is 2.00 bits per heavy atom. The van der Waals surface area contributed by atoms with Crippen LogP contribution in [0.5, 0.6) is 11.5 Å². The zero-order chi connectivity index (χ0) is 17.0. The molecule has 0 fully saturated rings. The second-order valence-corrected chi connectivity index (χ2v) is 5.67. The molecule has 1 heterocycles. The molecule has 0 bridgehead atoms. The van der Waals surface area contributed by atoms with Gasteiger partial charge in [0, 0.05) is 13.2 Å². The number of rotatable bonds is 6. The van der Waals surface area contributed by atoms with E-state index in [1.165, 1.54) is 0 Å². The van der Waals surface area contributed by atoms with Gasteiger partial charge in [0.15, 0.2) is 11.5 Å². The van der Waals surface area contributed by atoms with Gasteiger partial charge in [0.1, 0.15) is 0 Å². The Kier molecular flexibility index (Phi) is 5.26. The molecule has 0 radical (unpaired) electrons. The van der Waals surface area contributed by atoms with E-state index >= 15 is 0 Å². The summed E-state index contributed by atoms with van der Waals surface area (Å²) in [7, 11) is 3.38. The average molecular weight is 317 g/mol. The van der Waals surface area contributed by atoms with E-state index in [4.69, 9.17) is 9.47 Å². The van der Waals surface area contributed by atoms with Gasteiger partial charge in [0.2, 0.25) is 0 Å². The van der Waals surface area contributed by atoms with Crippen molar-refractivity contribution in [3.8, 4) is 11.5 Å². The topological polar surface area (TPSA) is 65.4 Å². The summed E-state index contributed by atoms with van der Waals surface area (Å²) in [6, 6.07) is 5.51. The third kappa shape index (κ3) is 4.25. The molecule has 0 aliphatic carbocycles. The van der Waals surface area contributed by atoms with Crippen molar-refractivity contribution in [1.29, 1.82) is 0 Å². The van der Waals surface area contributed by atoms with Crippen LogP contribution in [-0.4, -0.2) is 28.9 Å². The molecule has 1 N–H and O–H groups in total. The van der Waals surface area contributed by atoms with E-state index < -0.39 is 0 Å². The van der Waals surface area contributed by atoms with Crippen LogP contribution in [0.15, 0.2) is 30.6 Å². The lowest BCUT2D eigenvalue weighted by Crippen LogP contribution is -2.26. The van der Waals surface area contributed by atoms with Crippen LogP contribution in [0.3, 0.4) is 0 Å². The third-order valence-corrected chi connectivity index (χ3v) is 3.37. The van der Waals surface area contributed by atoms with Gasteiger partial charge < -0.3 is 14.8 Å². The second kappa shape index (κ2) is 7.17. The minimum Gasteiger partial charge on any atom is -0.493 e. The first-order chi connectivity index (χ1) is 10.9. The molecule has 23 heavy (non-hydrogen) atoms. The molecule has 1 atom stereocenters. The molecular formula is C17H23N3O3. The summed E-state index contributed by atoms with van der Waals surface area (Å²) in [5.74, 6) is 1.18. The number of aryl methyl sites for hydroxylation is 1. The zero-order valence-electron chi connectivity index (χ0n) is 14.2. The minimum absolute atomic E-state index is 0.0671. The van der Waals surface area contributed by atoms with Crippen molar-refractivity contribution in [2.75, 3.05) is 7.11 Å². The van der Waals surface area contributed by atoms with Crippen LogP contribution in [0, 0.1) is 0 Å². The predicted octanol–water partition coefficient (Wildman–Crippen LogP) is 2.71. The van der Waals surface area contributed by atoms with E-state index in [1.54, 1.807) is 31.2 Å². The highest BCUT2D eigenvalue weighted by molar-refractivity contribution is 5.93. The molecule has 124 valence electrons. The molecule has 1 aromatic heterocycles. The molecule has 1 unspecified atom stereocenters. The Morgan fingerprint density at radius 3 is 2.57 bits per heavy atom. The normalized spacial score (nSPS) is 12.1. The van der Waals surface area contributed by atoms with Crippen molar-refractivity contribution in [2.45, 2.75) is 32.9 Å². The Hall–Kier alpha value is -2.50. The number of benzene rings is 1. The lowest BCUT2D eigenvalue weighted by atomic mass is 10.1. The van der Waals surface area contributed by atoms with Gasteiger partial charge in [0.05, 0.1) is 31.0 Å². The van der Waals surface area contributed by atoms with E-state index in [2.05, 4.69) is 10.4 Å². The van der Waals surface area contributed by atoms with Gasteiger partial charge in [-0.25, -0.2) is 0 Å². The van der Waals surface area contributed by atoms with Crippen LogP contribution >= 0.6 is 0 Å². The quantitative estimate of drug-likeness (QED) is 0.889. The van der Waals surface area contributed by atoms with Gasteiger partial charge >= 0.3 is 0 Å². The van der Waals surface area contributed by atoms with Gasteiger partial charge in [-0.2, -0.15) is 5.10 Å². The summed E-state index contributed by atoms with van der Waals surface area (Å²) in [5, 5.41) is 6.95. The summed E-state index contributed by atoms with van der Waals surface area (Å²) in [5.41, 5.74) is 1.47. The largest absolute Gasteiger partial charge is 0.493 e.